The number of nitrogens with one attached hydrogen (secondary N) is 1. The first-order valence-corrected chi connectivity index (χ1v) is 6.02. The number of nitrogens with zero attached hydrogens (tertiary/aromatic N) is 1. The van der Waals surface area contributed by atoms with Gasteiger partial charge >= 0.3 is 5.97 Å². The summed E-state index contributed by atoms with van der Waals surface area (Å²) in [6.07, 6.45) is 1.28. The molecule has 94 valence electrons. The minimum absolute atomic E-state index is 0.0710. The minimum atomic E-state index is -0.721. The zero-order valence-corrected chi connectivity index (χ0v) is 10.8. The van der Waals surface area contributed by atoms with Gasteiger partial charge in [0.2, 0.25) is 0 Å². The highest BCUT2D eigenvalue weighted by molar-refractivity contribution is 5.67. The van der Waals surface area contributed by atoms with Crippen molar-refractivity contribution in [3.05, 3.63) is 0 Å². The van der Waals surface area contributed by atoms with Gasteiger partial charge in [-0.3, -0.25) is 9.69 Å². The van der Waals surface area contributed by atoms with Gasteiger partial charge in [0.05, 0.1) is 6.42 Å². The highest BCUT2D eigenvalue weighted by Gasteiger charge is 2.31. The van der Waals surface area contributed by atoms with Gasteiger partial charge in [-0.2, -0.15) is 0 Å². The number of hydrogen-bond donors (Lipinski definition) is 2. The second kappa shape index (κ2) is 5.15. The van der Waals surface area contributed by atoms with E-state index in [4.69, 9.17) is 5.11 Å². The van der Waals surface area contributed by atoms with E-state index in [1.807, 2.05) is 0 Å². The standard InChI is InChI=1S/C12H24N2O2/c1-9-5-6-13-10(7-11(15)16)8-14(9)12(2,3)4/h9-10,13H,5-8H2,1-4H3,(H,15,16). The van der Waals surface area contributed by atoms with Gasteiger partial charge in [0.15, 0.2) is 0 Å². The van der Waals surface area contributed by atoms with Crippen molar-refractivity contribution in [1.29, 1.82) is 0 Å². The maximum absolute atomic E-state index is 10.8. The Labute approximate surface area is 98.0 Å². The first-order chi connectivity index (χ1) is 7.30. The van der Waals surface area contributed by atoms with Gasteiger partial charge in [-0.15, -0.1) is 0 Å². The van der Waals surface area contributed by atoms with E-state index in [-0.39, 0.29) is 18.0 Å². The fourth-order valence-corrected chi connectivity index (χ4v) is 2.42. The van der Waals surface area contributed by atoms with Gasteiger partial charge in [0.1, 0.15) is 0 Å². The number of carboxylic acids is 1. The van der Waals surface area contributed by atoms with Crippen LogP contribution in [0.4, 0.5) is 0 Å². The Morgan fingerprint density at radius 3 is 2.62 bits per heavy atom. The molecule has 2 atom stereocenters. The van der Waals surface area contributed by atoms with E-state index in [1.165, 1.54) is 0 Å². The molecule has 1 aliphatic heterocycles. The maximum Gasteiger partial charge on any atom is 0.304 e. The van der Waals surface area contributed by atoms with Crippen molar-refractivity contribution < 1.29 is 9.90 Å². The van der Waals surface area contributed by atoms with Gasteiger partial charge in [-0.1, -0.05) is 0 Å². The molecule has 0 bridgehead atoms. The van der Waals surface area contributed by atoms with Crippen molar-refractivity contribution >= 4 is 5.97 Å². The van der Waals surface area contributed by atoms with Crippen molar-refractivity contribution in [3.63, 3.8) is 0 Å². The zero-order valence-electron chi connectivity index (χ0n) is 10.8. The largest absolute Gasteiger partial charge is 0.481 e. The second-order valence-corrected chi connectivity index (χ2v) is 5.71. The number of hydrogen-bond acceptors (Lipinski definition) is 3. The highest BCUT2D eigenvalue weighted by Crippen LogP contribution is 2.21. The molecule has 0 aliphatic carbocycles. The fourth-order valence-electron chi connectivity index (χ4n) is 2.42. The average Bonchev–Trinajstić information content (AvgIpc) is 2.26. The normalized spacial score (nSPS) is 28.8. The van der Waals surface area contributed by atoms with E-state index >= 15 is 0 Å². The van der Waals surface area contributed by atoms with Crippen molar-refractivity contribution in [1.82, 2.24) is 10.2 Å². The Hall–Kier alpha value is -0.610. The third-order valence-corrected chi connectivity index (χ3v) is 3.23. The first-order valence-electron chi connectivity index (χ1n) is 6.02. The summed E-state index contributed by atoms with van der Waals surface area (Å²) in [6.45, 7) is 10.5. The highest BCUT2D eigenvalue weighted by atomic mass is 16.4. The van der Waals surface area contributed by atoms with Crippen LogP contribution in [-0.4, -0.2) is 46.7 Å². The van der Waals surface area contributed by atoms with Crippen molar-refractivity contribution in [2.75, 3.05) is 13.1 Å². The summed E-state index contributed by atoms with van der Waals surface area (Å²) in [5, 5.41) is 12.2. The topological polar surface area (TPSA) is 52.6 Å². The average molecular weight is 228 g/mol. The van der Waals surface area contributed by atoms with Gasteiger partial charge in [-0.25, -0.2) is 0 Å². The molecular weight excluding hydrogens is 204 g/mol. The molecule has 4 nitrogen and oxygen atoms in total. The Bertz CT molecular complexity index is 248. The summed E-state index contributed by atoms with van der Waals surface area (Å²) < 4.78 is 0. The molecule has 0 radical (unpaired) electrons. The summed E-state index contributed by atoms with van der Waals surface area (Å²) in [5.41, 5.74) is 0.0994. The van der Waals surface area contributed by atoms with Crippen molar-refractivity contribution in [2.45, 2.75) is 58.2 Å². The molecule has 2 N–H and O–H groups in total. The van der Waals surface area contributed by atoms with E-state index in [0.29, 0.717) is 6.04 Å². The Balaban J connectivity index is 2.70. The van der Waals surface area contributed by atoms with Gasteiger partial charge in [0, 0.05) is 24.2 Å². The molecular formula is C12H24N2O2. The quantitative estimate of drug-likeness (QED) is 0.748. The molecule has 1 rings (SSSR count). The molecule has 0 aromatic heterocycles. The van der Waals surface area contributed by atoms with Crippen LogP contribution in [0.25, 0.3) is 0 Å². The Morgan fingerprint density at radius 1 is 1.50 bits per heavy atom. The van der Waals surface area contributed by atoms with Crippen LogP contribution >= 0.6 is 0 Å². The number of carbonyl (C=O) groups is 1. The van der Waals surface area contributed by atoms with Crippen LogP contribution in [0.1, 0.15) is 40.5 Å². The summed E-state index contributed by atoms with van der Waals surface area (Å²) in [5.74, 6) is -0.721. The lowest BCUT2D eigenvalue weighted by Gasteiger charge is -2.40. The molecule has 1 heterocycles. The molecule has 16 heavy (non-hydrogen) atoms. The summed E-state index contributed by atoms with van der Waals surface area (Å²) in [6, 6.07) is 0.577. The predicted molar refractivity (Wildman–Crippen MR) is 64.6 cm³/mol. The summed E-state index contributed by atoms with van der Waals surface area (Å²) in [4.78, 5) is 13.2. The molecule has 4 heteroatoms. The van der Waals surface area contributed by atoms with Crippen molar-refractivity contribution in [2.24, 2.45) is 0 Å². The summed E-state index contributed by atoms with van der Waals surface area (Å²) in [7, 11) is 0. The lowest BCUT2D eigenvalue weighted by molar-refractivity contribution is -0.137. The molecule has 0 aromatic carbocycles. The van der Waals surface area contributed by atoms with Crippen LogP contribution in [0.3, 0.4) is 0 Å². The predicted octanol–water partition coefficient (Wildman–Crippen LogP) is 1.31. The van der Waals surface area contributed by atoms with Crippen LogP contribution in [0.5, 0.6) is 0 Å². The van der Waals surface area contributed by atoms with Crippen LogP contribution in [-0.2, 0) is 4.79 Å². The SMILES string of the molecule is CC1CCNC(CC(=O)O)CN1C(C)(C)C. The van der Waals surface area contributed by atoms with Crippen LogP contribution in [0.15, 0.2) is 0 Å². The Morgan fingerprint density at radius 2 is 2.12 bits per heavy atom. The van der Waals surface area contributed by atoms with Crippen LogP contribution in [0.2, 0.25) is 0 Å². The van der Waals surface area contributed by atoms with E-state index in [9.17, 15) is 4.79 Å². The number of carboxylic acid groups (broad SMARTS) is 1. The lowest BCUT2D eigenvalue weighted by atomic mass is 10.0. The van der Waals surface area contributed by atoms with Crippen molar-refractivity contribution in [3.8, 4) is 0 Å². The molecule has 1 saturated heterocycles. The van der Waals surface area contributed by atoms with E-state index in [0.717, 1.165) is 19.5 Å². The third-order valence-electron chi connectivity index (χ3n) is 3.23. The van der Waals surface area contributed by atoms with E-state index in [1.54, 1.807) is 0 Å². The van der Waals surface area contributed by atoms with E-state index in [2.05, 4.69) is 37.9 Å². The number of aliphatic carboxylic acids is 1. The minimum Gasteiger partial charge on any atom is -0.481 e. The monoisotopic (exact) mass is 228 g/mol. The second-order valence-electron chi connectivity index (χ2n) is 5.71. The summed E-state index contributed by atoms with van der Waals surface area (Å²) >= 11 is 0. The molecule has 0 spiro atoms. The zero-order chi connectivity index (χ0) is 12.3. The molecule has 0 amide bonds. The van der Waals surface area contributed by atoms with E-state index < -0.39 is 5.97 Å². The molecule has 1 aliphatic rings. The maximum atomic E-state index is 10.8. The fraction of sp³-hybridized carbons (Fsp3) is 0.917. The molecule has 1 fully saturated rings. The molecule has 0 saturated carbocycles. The molecule has 2 unspecified atom stereocenters. The Kier molecular flexibility index (Phi) is 4.33. The number of rotatable bonds is 2. The smallest absolute Gasteiger partial charge is 0.304 e. The molecule has 0 aromatic rings. The first kappa shape index (κ1) is 13.5. The van der Waals surface area contributed by atoms with Gasteiger partial charge in [0.25, 0.3) is 0 Å². The third kappa shape index (κ3) is 3.76. The lowest BCUT2D eigenvalue weighted by Crippen LogP contribution is -2.50. The van der Waals surface area contributed by atoms with Gasteiger partial charge < -0.3 is 10.4 Å². The van der Waals surface area contributed by atoms with Gasteiger partial charge in [-0.05, 0) is 40.7 Å². The van der Waals surface area contributed by atoms with Crippen LogP contribution in [0, 0.1) is 0 Å². The van der Waals surface area contributed by atoms with Crippen LogP contribution < -0.4 is 5.32 Å².